The molecule has 3 nitrogen and oxygen atoms in total. The summed E-state index contributed by atoms with van der Waals surface area (Å²) in [6.07, 6.45) is 1.82. The molecule has 1 heterocycles. The second-order valence-corrected chi connectivity index (χ2v) is 2.24. The van der Waals surface area contributed by atoms with Gasteiger partial charge in [0.15, 0.2) is 0 Å². The molecule has 0 radical (unpaired) electrons. The Hall–Kier alpha value is -1.56. The lowest BCUT2D eigenvalue weighted by Gasteiger charge is -2.00. The molecule has 0 aliphatic heterocycles. The summed E-state index contributed by atoms with van der Waals surface area (Å²) in [5, 5.41) is 17.7. The van der Waals surface area contributed by atoms with Crippen LogP contribution < -0.4 is 0 Å². The van der Waals surface area contributed by atoms with Gasteiger partial charge in [-0.25, -0.2) is 0 Å². The van der Waals surface area contributed by atoms with Crippen LogP contribution in [0.3, 0.4) is 0 Å². The van der Waals surface area contributed by atoms with E-state index in [1.807, 2.05) is 6.07 Å². The predicted octanol–water partition coefficient (Wildman–Crippen LogP) is 1.16. The monoisotopic (exact) mass is 148 g/mol. The molecule has 0 atom stereocenters. The van der Waals surface area contributed by atoms with Crippen LogP contribution in [0.2, 0.25) is 0 Å². The van der Waals surface area contributed by atoms with Gasteiger partial charge in [-0.1, -0.05) is 0 Å². The second-order valence-electron chi connectivity index (χ2n) is 2.24. The van der Waals surface area contributed by atoms with Crippen molar-refractivity contribution >= 4 is 0 Å². The number of nitrogens with zero attached hydrogens (tertiary/aromatic N) is 2. The third-order valence-electron chi connectivity index (χ3n) is 1.46. The molecule has 0 amide bonds. The van der Waals surface area contributed by atoms with E-state index >= 15 is 0 Å². The largest absolute Gasteiger partial charge is 0.506 e. The Kier molecular flexibility index (Phi) is 2.07. The van der Waals surface area contributed by atoms with E-state index in [1.165, 1.54) is 0 Å². The molecule has 0 saturated heterocycles. The fourth-order valence-corrected chi connectivity index (χ4v) is 0.839. The van der Waals surface area contributed by atoms with Crippen LogP contribution in [0.4, 0.5) is 0 Å². The highest BCUT2D eigenvalue weighted by Gasteiger charge is 2.02. The first kappa shape index (κ1) is 7.55. The van der Waals surface area contributed by atoms with Crippen molar-refractivity contribution in [3.63, 3.8) is 0 Å². The number of aryl methyl sites for hydroxylation is 1. The Morgan fingerprint density at radius 3 is 3.09 bits per heavy atom. The Balaban J connectivity index is 3.08. The van der Waals surface area contributed by atoms with Crippen molar-refractivity contribution in [2.45, 2.75) is 13.3 Å². The van der Waals surface area contributed by atoms with Crippen molar-refractivity contribution in [2.24, 2.45) is 0 Å². The molecule has 0 unspecified atom stereocenters. The van der Waals surface area contributed by atoms with E-state index in [9.17, 15) is 5.11 Å². The molecule has 1 aromatic heterocycles. The molecule has 0 aliphatic rings. The van der Waals surface area contributed by atoms with Gasteiger partial charge >= 0.3 is 0 Å². The van der Waals surface area contributed by atoms with Gasteiger partial charge < -0.3 is 5.11 Å². The molecular weight excluding hydrogens is 140 g/mol. The van der Waals surface area contributed by atoms with Gasteiger partial charge in [-0.15, -0.1) is 0 Å². The number of aromatic nitrogens is 1. The minimum atomic E-state index is 0.133. The SMILES string of the molecule is Cc1nccc(CC#N)c1O. The number of rotatable bonds is 1. The Morgan fingerprint density at radius 1 is 1.73 bits per heavy atom. The van der Waals surface area contributed by atoms with Crippen molar-refractivity contribution in [2.75, 3.05) is 0 Å². The van der Waals surface area contributed by atoms with Gasteiger partial charge in [0.05, 0.1) is 18.2 Å². The molecule has 0 fully saturated rings. The molecule has 1 N–H and O–H groups in total. The van der Waals surface area contributed by atoms with E-state index < -0.39 is 0 Å². The molecule has 56 valence electrons. The lowest BCUT2D eigenvalue weighted by atomic mass is 10.1. The highest BCUT2D eigenvalue weighted by Crippen LogP contribution is 2.18. The maximum absolute atomic E-state index is 9.32. The smallest absolute Gasteiger partial charge is 0.141 e. The second kappa shape index (κ2) is 3.02. The summed E-state index contributed by atoms with van der Waals surface area (Å²) in [6, 6.07) is 3.61. The maximum atomic E-state index is 9.32. The molecule has 0 saturated carbocycles. The average molecular weight is 148 g/mol. The molecule has 1 rings (SSSR count). The summed E-state index contributed by atoms with van der Waals surface area (Å²) in [7, 11) is 0. The molecule has 0 spiro atoms. The average Bonchev–Trinajstić information content (AvgIpc) is 1.99. The van der Waals surface area contributed by atoms with E-state index in [4.69, 9.17) is 5.26 Å². The fraction of sp³-hybridized carbons (Fsp3) is 0.250. The summed E-state index contributed by atoms with van der Waals surface area (Å²) < 4.78 is 0. The minimum absolute atomic E-state index is 0.133. The Labute approximate surface area is 64.9 Å². The zero-order valence-electron chi connectivity index (χ0n) is 6.20. The summed E-state index contributed by atoms with van der Waals surface area (Å²) >= 11 is 0. The van der Waals surface area contributed by atoms with Gasteiger partial charge in [0.1, 0.15) is 5.75 Å². The first-order valence-corrected chi connectivity index (χ1v) is 3.26. The van der Waals surface area contributed by atoms with Crippen molar-refractivity contribution in [1.82, 2.24) is 4.98 Å². The van der Waals surface area contributed by atoms with E-state index in [-0.39, 0.29) is 12.2 Å². The topological polar surface area (TPSA) is 56.9 Å². The van der Waals surface area contributed by atoms with Crippen molar-refractivity contribution in [1.29, 1.82) is 5.26 Å². The zero-order valence-corrected chi connectivity index (χ0v) is 6.20. The summed E-state index contributed by atoms with van der Waals surface area (Å²) in [6.45, 7) is 1.70. The van der Waals surface area contributed by atoms with Gasteiger partial charge in [0, 0.05) is 11.8 Å². The molecule has 0 bridgehead atoms. The van der Waals surface area contributed by atoms with Crippen LogP contribution in [-0.4, -0.2) is 10.1 Å². The molecule has 3 heteroatoms. The lowest BCUT2D eigenvalue weighted by molar-refractivity contribution is 0.462. The zero-order chi connectivity index (χ0) is 8.27. The number of hydrogen-bond acceptors (Lipinski definition) is 3. The van der Waals surface area contributed by atoms with Crippen molar-refractivity contribution < 1.29 is 5.11 Å². The van der Waals surface area contributed by atoms with Crippen LogP contribution in [-0.2, 0) is 6.42 Å². The van der Waals surface area contributed by atoms with Crippen molar-refractivity contribution in [3.05, 3.63) is 23.5 Å². The van der Waals surface area contributed by atoms with Crippen LogP contribution >= 0.6 is 0 Å². The van der Waals surface area contributed by atoms with E-state index in [0.717, 1.165) is 0 Å². The summed E-state index contributed by atoms with van der Waals surface area (Å²) in [5.41, 5.74) is 1.21. The third-order valence-corrected chi connectivity index (χ3v) is 1.46. The van der Waals surface area contributed by atoms with Crippen LogP contribution in [0.15, 0.2) is 12.3 Å². The molecule has 1 aromatic rings. The fourth-order valence-electron chi connectivity index (χ4n) is 0.839. The number of aromatic hydroxyl groups is 1. The lowest BCUT2D eigenvalue weighted by Crippen LogP contribution is -1.87. The predicted molar refractivity (Wildman–Crippen MR) is 40.0 cm³/mol. The highest BCUT2D eigenvalue weighted by atomic mass is 16.3. The quantitative estimate of drug-likeness (QED) is 0.650. The van der Waals surface area contributed by atoms with Gasteiger partial charge in [-0.3, -0.25) is 4.98 Å². The highest BCUT2D eigenvalue weighted by molar-refractivity contribution is 5.36. The standard InChI is InChI=1S/C8H8N2O/c1-6-8(11)7(2-4-9)3-5-10-6/h3,5,11H,2H2,1H3. The number of nitriles is 1. The van der Waals surface area contributed by atoms with Crippen LogP contribution in [0, 0.1) is 18.3 Å². The van der Waals surface area contributed by atoms with Gasteiger partial charge in [-0.2, -0.15) is 5.26 Å². The first-order chi connectivity index (χ1) is 5.25. The van der Waals surface area contributed by atoms with Crippen LogP contribution in [0.1, 0.15) is 11.3 Å². The summed E-state index contributed by atoms with van der Waals surface area (Å²) in [4.78, 5) is 3.86. The summed E-state index contributed by atoms with van der Waals surface area (Å²) in [5.74, 6) is 0.133. The first-order valence-electron chi connectivity index (χ1n) is 3.26. The number of pyridine rings is 1. The van der Waals surface area contributed by atoms with Crippen LogP contribution in [0.5, 0.6) is 5.75 Å². The van der Waals surface area contributed by atoms with Crippen LogP contribution in [0.25, 0.3) is 0 Å². The molecular formula is C8H8N2O. The van der Waals surface area contributed by atoms with Gasteiger partial charge in [0.25, 0.3) is 0 Å². The third kappa shape index (κ3) is 1.47. The Bertz CT molecular complexity index is 301. The van der Waals surface area contributed by atoms with E-state index in [2.05, 4.69) is 4.98 Å². The molecule has 11 heavy (non-hydrogen) atoms. The van der Waals surface area contributed by atoms with Gasteiger partial charge in [0.2, 0.25) is 0 Å². The normalized spacial score (nSPS) is 9.09. The minimum Gasteiger partial charge on any atom is -0.506 e. The van der Waals surface area contributed by atoms with Crippen molar-refractivity contribution in [3.8, 4) is 11.8 Å². The maximum Gasteiger partial charge on any atom is 0.141 e. The van der Waals surface area contributed by atoms with E-state index in [1.54, 1.807) is 19.2 Å². The van der Waals surface area contributed by atoms with E-state index in [0.29, 0.717) is 11.3 Å². The Morgan fingerprint density at radius 2 is 2.45 bits per heavy atom. The molecule has 0 aliphatic carbocycles. The van der Waals surface area contributed by atoms with Gasteiger partial charge in [-0.05, 0) is 13.0 Å². The molecule has 0 aromatic carbocycles. The number of hydrogen-bond donors (Lipinski definition) is 1.